The molecule has 0 radical (unpaired) electrons. The summed E-state index contributed by atoms with van der Waals surface area (Å²) in [5, 5.41) is 15.7. The monoisotopic (exact) mass is 277 g/mol. The van der Waals surface area contributed by atoms with E-state index in [9.17, 15) is 9.90 Å². The predicted molar refractivity (Wildman–Crippen MR) is 78.7 cm³/mol. The number of pyridine rings is 1. The number of carbonyl (C=O) groups is 1. The zero-order valence-electron chi connectivity index (χ0n) is 11.9. The van der Waals surface area contributed by atoms with Gasteiger partial charge in [0.2, 0.25) is 0 Å². The fraction of sp³-hybridized carbons (Fsp3) is 0.600. The number of hydrogen-bond acceptors (Lipinski definition) is 4. The van der Waals surface area contributed by atoms with Gasteiger partial charge in [-0.25, -0.2) is 4.98 Å². The summed E-state index contributed by atoms with van der Waals surface area (Å²) in [4.78, 5) is 16.3. The van der Waals surface area contributed by atoms with Gasteiger partial charge in [0.15, 0.2) is 0 Å². The molecule has 0 aromatic carbocycles. The van der Waals surface area contributed by atoms with E-state index >= 15 is 0 Å². The van der Waals surface area contributed by atoms with Gasteiger partial charge in [-0.2, -0.15) is 0 Å². The fourth-order valence-corrected chi connectivity index (χ4v) is 2.38. The molecule has 1 aliphatic carbocycles. The highest BCUT2D eigenvalue weighted by atomic mass is 16.3. The van der Waals surface area contributed by atoms with Gasteiger partial charge in [0.1, 0.15) is 5.69 Å². The number of nitrogens with zero attached hydrogens (tertiary/aromatic N) is 1. The molecule has 110 valence electrons. The van der Waals surface area contributed by atoms with E-state index in [0.29, 0.717) is 5.69 Å². The SMILES string of the molecule is CCCNc1ccc(C(=O)NC2CCC(O)CC2)nc1. The molecule has 0 bridgehead atoms. The van der Waals surface area contributed by atoms with Crippen molar-refractivity contribution in [2.24, 2.45) is 0 Å². The van der Waals surface area contributed by atoms with Crippen LogP contribution in [0, 0.1) is 0 Å². The number of nitrogens with one attached hydrogen (secondary N) is 2. The Morgan fingerprint density at radius 3 is 2.70 bits per heavy atom. The van der Waals surface area contributed by atoms with E-state index in [1.165, 1.54) is 0 Å². The molecule has 3 N–H and O–H groups in total. The first kappa shape index (κ1) is 14.8. The maximum atomic E-state index is 12.1. The van der Waals surface area contributed by atoms with E-state index in [1.54, 1.807) is 12.3 Å². The molecule has 0 aliphatic heterocycles. The van der Waals surface area contributed by atoms with Crippen LogP contribution in [-0.4, -0.2) is 34.7 Å². The summed E-state index contributed by atoms with van der Waals surface area (Å²) < 4.78 is 0. The molecule has 2 rings (SSSR count). The minimum Gasteiger partial charge on any atom is -0.393 e. The van der Waals surface area contributed by atoms with Crippen molar-refractivity contribution in [1.29, 1.82) is 0 Å². The smallest absolute Gasteiger partial charge is 0.270 e. The Hall–Kier alpha value is -1.62. The lowest BCUT2D eigenvalue weighted by atomic mass is 9.93. The minimum atomic E-state index is -0.204. The molecule has 0 saturated heterocycles. The van der Waals surface area contributed by atoms with Crippen molar-refractivity contribution in [3.63, 3.8) is 0 Å². The first-order valence-corrected chi connectivity index (χ1v) is 7.38. The quantitative estimate of drug-likeness (QED) is 0.769. The Bertz CT molecular complexity index is 425. The number of rotatable bonds is 5. The van der Waals surface area contributed by atoms with Gasteiger partial charge in [-0.3, -0.25) is 4.79 Å². The number of aliphatic hydroxyl groups is 1. The average molecular weight is 277 g/mol. The third-order valence-corrected chi connectivity index (χ3v) is 3.61. The molecular formula is C15H23N3O2. The molecule has 0 spiro atoms. The lowest BCUT2D eigenvalue weighted by molar-refractivity contribution is 0.0863. The molecule has 1 aromatic rings. The summed E-state index contributed by atoms with van der Waals surface area (Å²) in [7, 11) is 0. The van der Waals surface area contributed by atoms with E-state index in [1.807, 2.05) is 6.07 Å². The van der Waals surface area contributed by atoms with Crippen molar-refractivity contribution in [2.75, 3.05) is 11.9 Å². The van der Waals surface area contributed by atoms with Crippen molar-refractivity contribution >= 4 is 11.6 Å². The normalized spacial score (nSPS) is 22.3. The van der Waals surface area contributed by atoms with Crippen molar-refractivity contribution in [3.05, 3.63) is 24.0 Å². The highest BCUT2D eigenvalue weighted by Gasteiger charge is 2.21. The minimum absolute atomic E-state index is 0.131. The van der Waals surface area contributed by atoms with Crippen LogP contribution >= 0.6 is 0 Å². The van der Waals surface area contributed by atoms with Gasteiger partial charge in [0.25, 0.3) is 5.91 Å². The summed E-state index contributed by atoms with van der Waals surface area (Å²) in [6, 6.07) is 3.78. The number of aromatic nitrogens is 1. The third kappa shape index (κ3) is 4.20. The molecule has 1 saturated carbocycles. The summed E-state index contributed by atoms with van der Waals surface area (Å²) in [6.45, 7) is 3.00. The predicted octanol–water partition coefficient (Wildman–Crippen LogP) is 1.94. The lowest BCUT2D eigenvalue weighted by Crippen LogP contribution is -2.38. The van der Waals surface area contributed by atoms with Crippen molar-refractivity contribution in [1.82, 2.24) is 10.3 Å². The molecule has 1 aliphatic rings. The summed E-state index contributed by atoms with van der Waals surface area (Å²) in [6.07, 6.45) is 5.73. The maximum absolute atomic E-state index is 12.1. The molecule has 1 amide bonds. The van der Waals surface area contributed by atoms with Crippen LogP contribution < -0.4 is 10.6 Å². The fourth-order valence-electron chi connectivity index (χ4n) is 2.38. The summed E-state index contributed by atoms with van der Waals surface area (Å²) in [5.74, 6) is -0.131. The second kappa shape index (κ2) is 7.24. The average Bonchev–Trinajstić information content (AvgIpc) is 2.48. The second-order valence-electron chi connectivity index (χ2n) is 5.34. The molecule has 5 nitrogen and oxygen atoms in total. The Labute approximate surface area is 119 Å². The summed E-state index contributed by atoms with van der Waals surface area (Å²) in [5.41, 5.74) is 1.38. The van der Waals surface area contributed by atoms with Crippen LogP contribution in [0.4, 0.5) is 5.69 Å². The molecule has 20 heavy (non-hydrogen) atoms. The Kier molecular flexibility index (Phi) is 5.35. The molecule has 1 heterocycles. The standard InChI is InChI=1S/C15H23N3O2/c1-2-9-16-12-5-8-14(17-10-12)15(20)18-11-3-6-13(19)7-4-11/h5,8,10-11,13,16,19H,2-4,6-7,9H2,1H3,(H,18,20). The molecule has 0 unspecified atom stereocenters. The van der Waals surface area contributed by atoms with Gasteiger partial charge in [0.05, 0.1) is 18.0 Å². The molecule has 0 atom stereocenters. The number of carbonyl (C=O) groups excluding carboxylic acids is 1. The van der Waals surface area contributed by atoms with Crippen molar-refractivity contribution in [3.8, 4) is 0 Å². The highest BCUT2D eigenvalue weighted by Crippen LogP contribution is 2.18. The number of amides is 1. The van der Waals surface area contributed by atoms with Gasteiger partial charge < -0.3 is 15.7 Å². The highest BCUT2D eigenvalue weighted by molar-refractivity contribution is 5.92. The number of anilines is 1. The van der Waals surface area contributed by atoms with Crippen LogP contribution in [0.5, 0.6) is 0 Å². The maximum Gasteiger partial charge on any atom is 0.270 e. The van der Waals surface area contributed by atoms with Crippen LogP contribution in [0.1, 0.15) is 49.5 Å². The Balaban J connectivity index is 1.85. The van der Waals surface area contributed by atoms with E-state index in [2.05, 4.69) is 22.5 Å². The zero-order chi connectivity index (χ0) is 14.4. The molecule has 1 fully saturated rings. The van der Waals surface area contributed by atoms with Crippen LogP contribution in [0.2, 0.25) is 0 Å². The van der Waals surface area contributed by atoms with Gasteiger partial charge in [-0.05, 0) is 44.2 Å². The Morgan fingerprint density at radius 2 is 2.10 bits per heavy atom. The van der Waals surface area contributed by atoms with Crippen LogP contribution in [0.3, 0.4) is 0 Å². The zero-order valence-corrected chi connectivity index (χ0v) is 11.9. The third-order valence-electron chi connectivity index (χ3n) is 3.61. The van der Waals surface area contributed by atoms with Crippen LogP contribution in [0.25, 0.3) is 0 Å². The first-order valence-electron chi connectivity index (χ1n) is 7.38. The largest absolute Gasteiger partial charge is 0.393 e. The van der Waals surface area contributed by atoms with E-state index in [0.717, 1.165) is 44.3 Å². The lowest BCUT2D eigenvalue weighted by Gasteiger charge is -2.26. The number of hydrogen-bond donors (Lipinski definition) is 3. The van der Waals surface area contributed by atoms with Gasteiger partial charge in [-0.1, -0.05) is 6.92 Å². The van der Waals surface area contributed by atoms with Crippen molar-refractivity contribution < 1.29 is 9.90 Å². The first-order chi connectivity index (χ1) is 9.69. The van der Waals surface area contributed by atoms with E-state index < -0.39 is 0 Å². The van der Waals surface area contributed by atoms with E-state index in [-0.39, 0.29) is 18.1 Å². The van der Waals surface area contributed by atoms with Crippen LogP contribution in [0.15, 0.2) is 18.3 Å². The number of aliphatic hydroxyl groups excluding tert-OH is 1. The topological polar surface area (TPSA) is 74.2 Å². The van der Waals surface area contributed by atoms with Gasteiger partial charge in [-0.15, -0.1) is 0 Å². The molecule has 5 heteroatoms. The molecule has 1 aromatic heterocycles. The van der Waals surface area contributed by atoms with Crippen molar-refractivity contribution in [2.45, 2.75) is 51.2 Å². The van der Waals surface area contributed by atoms with Gasteiger partial charge in [0, 0.05) is 12.6 Å². The molecular weight excluding hydrogens is 254 g/mol. The Morgan fingerprint density at radius 1 is 1.35 bits per heavy atom. The van der Waals surface area contributed by atoms with Gasteiger partial charge >= 0.3 is 0 Å². The summed E-state index contributed by atoms with van der Waals surface area (Å²) >= 11 is 0. The van der Waals surface area contributed by atoms with E-state index in [4.69, 9.17) is 0 Å². The second-order valence-corrected chi connectivity index (χ2v) is 5.34. The van der Waals surface area contributed by atoms with Crippen LogP contribution in [-0.2, 0) is 0 Å².